The predicted octanol–water partition coefficient (Wildman–Crippen LogP) is 3.01. The Bertz CT molecular complexity index is 1220. The molecule has 1 aliphatic rings. The minimum absolute atomic E-state index is 0.0492. The Labute approximate surface area is 195 Å². The van der Waals surface area contributed by atoms with Gasteiger partial charge in [0.1, 0.15) is 5.75 Å². The van der Waals surface area contributed by atoms with Gasteiger partial charge < -0.3 is 10.1 Å². The number of carbonyl (C=O) groups is 1. The van der Waals surface area contributed by atoms with Crippen molar-refractivity contribution in [2.45, 2.75) is 42.5 Å². The third-order valence-electron chi connectivity index (χ3n) is 5.95. The number of nitrogens with zero attached hydrogens (tertiary/aromatic N) is 1. The van der Waals surface area contributed by atoms with Crippen molar-refractivity contribution in [1.29, 1.82) is 0 Å². The molecule has 2 aromatic carbocycles. The number of nitrogens with one attached hydrogen (secondary N) is 1. The zero-order valence-corrected chi connectivity index (χ0v) is 20.9. The first-order chi connectivity index (χ1) is 15.4. The van der Waals surface area contributed by atoms with Gasteiger partial charge in [-0.1, -0.05) is 19.1 Å². The number of benzene rings is 2. The normalized spacial score (nSPS) is 16.8. The SMILES string of the molecule is COc1ccc(S(=O)(=O)N2CCC(C)CC2)cc1C(=O)N[C@H](C)c1ccc(S(C)(=O)=O)cc1. The largest absolute Gasteiger partial charge is 0.496 e. The molecule has 1 fully saturated rings. The van der Waals surface area contributed by atoms with Gasteiger partial charge in [-0.25, -0.2) is 16.8 Å². The van der Waals surface area contributed by atoms with Gasteiger partial charge in [0.25, 0.3) is 5.91 Å². The second-order valence-corrected chi connectivity index (χ2v) is 12.4. The lowest BCUT2D eigenvalue weighted by atomic mass is 10.0. The third kappa shape index (κ3) is 5.74. The van der Waals surface area contributed by atoms with Crippen molar-refractivity contribution in [3.05, 3.63) is 53.6 Å². The zero-order chi connectivity index (χ0) is 24.4. The van der Waals surface area contributed by atoms with Gasteiger partial charge in [0.2, 0.25) is 10.0 Å². The molecule has 0 saturated carbocycles. The third-order valence-corrected chi connectivity index (χ3v) is 8.97. The van der Waals surface area contributed by atoms with Gasteiger partial charge >= 0.3 is 0 Å². The Kier molecular flexibility index (Phi) is 7.50. The Morgan fingerprint density at radius 3 is 2.15 bits per heavy atom. The molecule has 8 nitrogen and oxygen atoms in total. The smallest absolute Gasteiger partial charge is 0.255 e. The van der Waals surface area contributed by atoms with Crippen LogP contribution >= 0.6 is 0 Å². The molecule has 0 unspecified atom stereocenters. The molecule has 1 heterocycles. The second kappa shape index (κ2) is 9.82. The van der Waals surface area contributed by atoms with Gasteiger partial charge in [-0.2, -0.15) is 4.31 Å². The van der Waals surface area contributed by atoms with Crippen LogP contribution in [-0.4, -0.2) is 53.5 Å². The average molecular weight is 495 g/mol. The molecular weight excluding hydrogens is 464 g/mol. The minimum Gasteiger partial charge on any atom is -0.496 e. The van der Waals surface area contributed by atoms with Crippen molar-refractivity contribution in [1.82, 2.24) is 9.62 Å². The highest BCUT2D eigenvalue weighted by Crippen LogP contribution is 2.28. The van der Waals surface area contributed by atoms with Crippen LogP contribution in [-0.2, 0) is 19.9 Å². The number of ether oxygens (including phenoxy) is 1. The van der Waals surface area contributed by atoms with Crippen molar-refractivity contribution >= 4 is 25.8 Å². The van der Waals surface area contributed by atoms with Crippen molar-refractivity contribution in [3.8, 4) is 5.75 Å². The van der Waals surface area contributed by atoms with Crippen LogP contribution in [0.3, 0.4) is 0 Å². The van der Waals surface area contributed by atoms with E-state index in [1.54, 1.807) is 19.1 Å². The Hall–Kier alpha value is -2.43. The fourth-order valence-corrected chi connectivity index (χ4v) is 5.89. The van der Waals surface area contributed by atoms with E-state index in [0.717, 1.165) is 19.1 Å². The summed E-state index contributed by atoms with van der Waals surface area (Å²) in [4.78, 5) is 13.3. The van der Waals surface area contributed by atoms with Gasteiger partial charge in [-0.15, -0.1) is 0 Å². The minimum atomic E-state index is -3.72. The summed E-state index contributed by atoms with van der Waals surface area (Å²) in [5, 5.41) is 2.83. The molecule has 0 radical (unpaired) electrons. The van der Waals surface area contributed by atoms with Gasteiger partial charge in [0.15, 0.2) is 9.84 Å². The summed E-state index contributed by atoms with van der Waals surface area (Å²) in [5.74, 6) is 0.260. The molecule has 1 aliphatic heterocycles. The van der Waals surface area contributed by atoms with E-state index < -0.39 is 31.8 Å². The monoisotopic (exact) mass is 494 g/mol. The average Bonchev–Trinajstić information content (AvgIpc) is 2.78. The molecule has 180 valence electrons. The van der Waals surface area contributed by atoms with Crippen LogP contribution < -0.4 is 10.1 Å². The van der Waals surface area contributed by atoms with Crippen molar-refractivity contribution in [2.75, 3.05) is 26.5 Å². The zero-order valence-electron chi connectivity index (χ0n) is 19.2. The molecule has 33 heavy (non-hydrogen) atoms. The van der Waals surface area contributed by atoms with Crippen LogP contribution in [0.15, 0.2) is 52.3 Å². The summed E-state index contributed by atoms with van der Waals surface area (Å²) in [7, 11) is -5.63. The van der Waals surface area contributed by atoms with Gasteiger partial charge in [0, 0.05) is 19.3 Å². The van der Waals surface area contributed by atoms with E-state index >= 15 is 0 Å². The number of methoxy groups -OCH3 is 1. The summed E-state index contributed by atoms with van der Waals surface area (Å²) < 4.78 is 56.3. The highest BCUT2D eigenvalue weighted by Gasteiger charge is 2.29. The highest BCUT2D eigenvalue weighted by atomic mass is 32.2. The number of piperidine rings is 1. The van der Waals surface area contributed by atoms with E-state index in [4.69, 9.17) is 4.74 Å². The lowest BCUT2D eigenvalue weighted by molar-refractivity contribution is 0.0936. The van der Waals surface area contributed by atoms with Crippen LogP contribution in [0.25, 0.3) is 0 Å². The number of hydrogen-bond acceptors (Lipinski definition) is 6. The topological polar surface area (TPSA) is 110 Å². The van der Waals surface area contributed by atoms with E-state index in [1.165, 1.54) is 41.7 Å². The number of rotatable bonds is 7. The van der Waals surface area contributed by atoms with E-state index in [9.17, 15) is 21.6 Å². The number of sulfone groups is 1. The molecule has 0 aliphatic carbocycles. The molecule has 0 bridgehead atoms. The van der Waals surface area contributed by atoms with Crippen LogP contribution in [0.4, 0.5) is 0 Å². The molecule has 2 aromatic rings. The Morgan fingerprint density at radius 1 is 1.03 bits per heavy atom. The lowest BCUT2D eigenvalue weighted by Gasteiger charge is -2.29. The van der Waals surface area contributed by atoms with Gasteiger partial charge in [-0.05, 0) is 61.6 Å². The second-order valence-electron chi connectivity index (χ2n) is 8.49. The Balaban J connectivity index is 1.83. The summed E-state index contributed by atoms with van der Waals surface area (Å²) in [6.45, 7) is 4.78. The molecule has 0 spiro atoms. The fraction of sp³-hybridized carbons (Fsp3) is 0.435. The number of sulfonamides is 1. The molecule has 1 atom stereocenters. The van der Waals surface area contributed by atoms with Crippen LogP contribution in [0.1, 0.15) is 48.7 Å². The van der Waals surface area contributed by atoms with Gasteiger partial charge in [0.05, 0.1) is 28.5 Å². The maximum absolute atomic E-state index is 13.1. The lowest BCUT2D eigenvalue weighted by Crippen LogP contribution is -2.38. The summed E-state index contributed by atoms with van der Waals surface area (Å²) in [6.07, 6.45) is 2.74. The summed E-state index contributed by atoms with van der Waals surface area (Å²) >= 11 is 0. The maximum Gasteiger partial charge on any atom is 0.255 e. The van der Waals surface area contributed by atoms with E-state index in [0.29, 0.717) is 24.6 Å². The summed E-state index contributed by atoms with van der Waals surface area (Å²) in [5.41, 5.74) is 0.824. The maximum atomic E-state index is 13.1. The molecule has 1 amide bonds. The first-order valence-corrected chi connectivity index (χ1v) is 14.1. The van der Waals surface area contributed by atoms with E-state index in [-0.39, 0.29) is 21.1 Å². The first-order valence-electron chi connectivity index (χ1n) is 10.7. The van der Waals surface area contributed by atoms with E-state index in [2.05, 4.69) is 12.2 Å². The molecule has 1 N–H and O–H groups in total. The van der Waals surface area contributed by atoms with Crippen molar-refractivity contribution in [3.63, 3.8) is 0 Å². The molecular formula is C23H30N2O6S2. The molecule has 10 heteroatoms. The number of amides is 1. The molecule has 1 saturated heterocycles. The quantitative estimate of drug-likeness (QED) is 0.634. The van der Waals surface area contributed by atoms with Crippen molar-refractivity contribution in [2.24, 2.45) is 5.92 Å². The number of hydrogen-bond donors (Lipinski definition) is 1. The highest BCUT2D eigenvalue weighted by molar-refractivity contribution is 7.90. The first kappa shape index (κ1) is 25.2. The van der Waals surface area contributed by atoms with Crippen LogP contribution in [0, 0.1) is 5.92 Å². The van der Waals surface area contributed by atoms with Gasteiger partial charge in [-0.3, -0.25) is 4.79 Å². The van der Waals surface area contributed by atoms with Crippen LogP contribution in [0.2, 0.25) is 0 Å². The molecule has 3 rings (SSSR count). The standard InChI is InChI=1S/C23H30N2O6S2/c1-16-11-13-25(14-12-16)33(29,30)20-9-10-22(31-3)21(15-20)23(26)24-17(2)18-5-7-19(8-6-18)32(4,27)28/h5-10,15-17H,11-14H2,1-4H3,(H,24,26)/t17-/m1/s1. The summed E-state index contributed by atoms with van der Waals surface area (Å²) in [6, 6.07) is 10.1. The van der Waals surface area contributed by atoms with Crippen molar-refractivity contribution < 1.29 is 26.4 Å². The fourth-order valence-electron chi connectivity index (χ4n) is 3.76. The van der Waals surface area contributed by atoms with Crippen LogP contribution in [0.5, 0.6) is 5.75 Å². The number of carbonyl (C=O) groups excluding carboxylic acids is 1. The predicted molar refractivity (Wildman–Crippen MR) is 126 cm³/mol. The van der Waals surface area contributed by atoms with E-state index in [1.807, 2.05) is 0 Å². The Morgan fingerprint density at radius 2 is 1.61 bits per heavy atom. The molecule has 0 aromatic heterocycles.